The highest BCUT2D eigenvalue weighted by molar-refractivity contribution is 7.91. The summed E-state index contributed by atoms with van der Waals surface area (Å²) in [6, 6.07) is 0. The van der Waals surface area contributed by atoms with Gasteiger partial charge in [0.05, 0.1) is 29.4 Å². The van der Waals surface area contributed by atoms with Crippen LogP contribution in [0.15, 0.2) is 12.4 Å². The Bertz CT molecular complexity index is 587. The van der Waals surface area contributed by atoms with Gasteiger partial charge in [0.15, 0.2) is 15.5 Å². The van der Waals surface area contributed by atoms with Crippen molar-refractivity contribution in [1.29, 1.82) is 0 Å². The molecule has 2 heterocycles. The number of nitrogens with zero attached hydrogens (tertiary/aromatic N) is 2. The number of anilines is 1. The van der Waals surface area contributed by atoms with Crippen molar-refractivity contribution >= 4 is 21.6 Å². The highest BCUT2D eigenvalue weighted by Crippen LogP contribution is 2.26. The molecule has 7 nitrogen and oxygen atoms in total. The van der Waals surface area contributed by atoms with Crippen LogP contribution in [-0.4, -0.2) is 46.5 Å². The van der Waals surface area contributed by atoms with Gasteiger partial charge in [-0.2, -0.15) is 0 Å². The molecule has 98 valence electrons. The second-order valence-electron chi connectivity index (χ2n) is 4.62. The maximum Gasteiger partial charge on any atom is 0.356 e. The first-order valence-electron chi connectivity index (χ1n) is 5.34. The zero-order chi connectivity index (χ0) is 13.4. The molecule has 18 heavy (non-hydrogen) atoms. The van der Waals surface area contributed by atoms with Gasteiger partial charge in [-0.1, -0.05) is 0 Å². The third-order valence-electron chi connectivity index (χ3n) is 2.79. The number of hydrogen-bond acceptors (Lipinski definition) is 6. The van der Waals surface area contributed by atoms with Crippen LogP contribution < -0.4 is 5.32 Å². The van der Waals surface area contributed by atoms with Gasteiger partial charge in [-0.05, 0) is 13.3 Å². The number of carboxylic acids is 1. The molecule has 0 saturated carbocycles. The summed E-state index contributed by atoms with van der Waals surface area (Å²) in [4.78, 5) is 18.4. The lowest BCUT2D eigenvalue weighted by molar-refractivity contribution is 0.0690. The van der Waals surface area contributed by atoms with Crippen molar-refractivity contribution < 1.29 is 18.3 Å². The summed E-state index contributed by atoms with van der Waals surface area (Å²) in [5, 5.41) is 11.7. The van der Waals surface area contributed by atoms with E-state index in [0.717, 1.165) is 6.20 Å². The summed E-state index contributed by atoms with van der Waals surface area (Å²) in [6.07, 6.45) is 2.98. The molecule has 1 atom stereocenters. The maximum atomic E-state index is 11.4. The Balaban J connectivity index is 2.20. The monoisotopic (exact) mass is 271 g/mol. The minimum Gasteiger partial charge on any atom is -0.476 e. The van der Waals surface area contributed by atoms with Crippen LogP contribution >= 0.6 is 0 Å². The quantitative estimate of drug-likeness (QED) is 0.806. The zero-order valence-corrected chi connectivity index (χ0v) is 10.6. The normalized spacial score (nSPS) is 25.8. The van der Waals surface area contributed by atoms with Gasteiger partial charge < -0.3 is 10.4 Å². The van der Waals surface area contributed by atoms with Crippen LogP contribution in [0, 0.1) is 0 Å². The molecule has 0 aliphatic carbocycles. The molecule has 0 radical (unpaired) electrons. The van der Waals surface area contributed by atoms with E-state index in [2.05, 4.69) is 15.3 Å². The largest absolute Gasteiger partial charge is 0.476 e. The van der Waals surface area contributed by atoms with Crippen molar-refractivity contribution in [2.45, 2.75) is 18.9 Å². The fourth-order valence-corrected chi connectivity index (χ4v) is 4.04. The van der Waals surface area contributed by atoms with Gasteiger partial charge in [0.1, 0.15) is 5.82 Å². The third-order valence-corrected chi connectivity index (χ3v) is 4.69. The van der Waals surface area contributed by atoms with Gasteiger partial charge in [0, 0.05) is 0 Å². The van der Waals surface area contributed by atoms with Crippen molar-refractivity contribution in [2.24, 2.45) is 0 Å². The molecule has 0 aromatic carbocycles. The van der Waals surface area contributed by atoms with Crippen molar-refractivity contribution in [3.63, 3.8) is 0 Å². The van der Waals surface area contributed by atoms with Gasteiger partial charge in [-0.15, -0.1) is 0 Å². The number of carboxylic acid groups (broad SMARTS) is 1. The smallest absolute Gasteiger partial charge is 0.356 e. The lowest BCUT2D eigenvalue weighted by Crippen LogP contribution is -2.36. The molecule has 0 bridgehead atoms. The number of sulfone groups is 1. The Hall–Kier alpha value is -1.70. The lowest BCUT2D eigenvalue weighted by atomic mass is 10.0. The van der Waals surface area contributed by atoms with E-state index in [1.165, 1.54) is 6.20 Å². The zero-order valence-electron chi connectivity index (χ0n) is 9.75. The SMILES string of the molecule is CC1(Nc2cncc(C(=O)O)n2)CCS(=O)(=O)C1. The van der Waals surface area contributed by atoms with Crippen molar-refractivity contribution in [2.75, 3.05) is 16.8 Å². The minimum atomic E-state index is -3.03. The standard InChI is InChI=1S/C10H13N3O4S/c1-10(2-3-18(16,17)6-10)13-8-5-11-4-7(12-8)9(14)15/h4-5H,2-3,6H2,1H3,(H,12,13)(H,14,15). The first-order chi connectivity index (χ1) is 8.30. The topological polar surface area (TPSA) is 109 Å². The van der Waals surface area contributed by atoms with Crippen LogP contribution in [0.4, 0.5) is 5.82 Å². The minimum absolute atomic E-state index is 0.0129. The summed E-state index contributed by atoms with van der Waals surface area (Å²) < 4.78 is 22.9. The predicted octanol–water partition coefficient (Wildman–Crippen LogP) is 0.164. The second kappa shape index (κ2) is 4.20. The van der Waals surface area contributed by atoms with E-state index in [4.69, 9.17) is 5.11 Å². The predicted molar refractivity (Wildman–Crippen MR) is 64.3 cm³/mol. The molecule has 1 saturated heterocycles. The van der Waals surface area contributed by atoms with Crippen LogP contribution in [0.1, 0.15) is 23.8 Å². The Morgan fingerprint density at radius 1 is 1.50 bits per heavy atom. The van der Waals surface area contributed by atoms with Gasteiger partial charge in [0.25, 0.3) is 0 Å². The number of aromatic nitrogens is 2. The molecule has 1 aromatic heterocycles. The summed E-state index contributed by atoms with van der Waals surface area (Å²) in [5.74, 6) is -0.758. The Kier molecular flexibility index (Phi) is 2.97. The van der Waals surface area contributed by atoms with Crippen LogP contribution in [0.5, 0.6) is 0 Å². The highest BCUT2D eigenvalue weighted by Gasteiger charge is 2.38. The van der Waals surface area contributed by atoms with Crippen LogP contribution in [0.2, 0.25) is 0 Å². The molecular weight excluding hydrogens is 258 g/mol. The van der Waals surface area contributed by atoms with Gasteiger partial charge in [-0.25, -0.2) is 18.2 Å². The number of hydrogen-bond donors (Lipinski definition) is 2. The Morgan fingerprint density at radius 2 is 2.22 bits per heavy atom. The van der Waals surface area contributed by atoms with Crippen LogP contribution in [0.25, 0.3) is 0 Å². The molecule has 1 aromatic rings. The average molecular weight is 271 g/mol. The highest BCUT2D eigenvalue weighted by atomic mass is 32.2. The van der Waals surface area contributed by atoms with Crippen LogP contribution in [0.3, 0.4) is 0 Å². The van der Waals surface area contributed by atoms with E-state index in [0.29, 0.717) is 6.42 Å². The molecule has 0 spiro atoms. The van der Waals surface area contributed by atoms with Gasteiger partial charge in [0.2, 0.25) is 0 Å². The second-order valence-corrected chi connectivity index (χ2v) is 6.81. The fourth-order valence-electron chi connectivity index (χ4n) is 1.95. The van der Waals surface area contributed by atoms with Crippen molar-refractivity contribution in [3.8, 4) is 0 Å². The van der Waals surface area contributed by atoms with E-state index in [-0.39, 0.29) is 23.0 Å². The number of aromatic carboxylic acids is 1. The number of nitrogens with one attached hydrogen (secondary N) is 1. The lowest BCUT2D eigenvalue weighted by Gasteiger charge is -2.24. The third kappa shape index (κ3) is 2.76. The van der Waals surface area contributed by atoms with Gasteiger partial charge >= 0.3 is 5.97 Å². The van der Waals surface area contributed by atoms with E-state index in [9.17, 15) is 13.2 Å². The molecule has 1 fully saturated rings. The van der Waals surface area contributed by atoms with E-state index in [1.807, 2.05) is 0 Å². The number of rotatable bonds is 3. The van der Waals surface area contributed by atoms with E-state index < -0.39 is 21.3 Å². The molecular formula is C10H13N3O4S. The fraction of sp³-hybridized carbons (Fsp3) is 0.500. The van der Waals surface area contributed by atoms with Gasteiger partial charge in [-0.3, -0.25) is 4.98 Å². The Morgan fingerprint density at radius 3 is 2.78 bits per heavy atom. The molecule has 8 heteroatoms. The molecule has 1 aliphatic rings. The van der Waals surface area contributed by atoms with Crippen molar-refractivity contribution in [3.05, 3.63) is 18.1 Å². The van der Waals surface area contributed by atoms with E-state index >= 15 is 0 Å². The Labute approximate surface area is 104 Å². The average Bonchev–Trinajstić information content (AvgIpc) is 2.53. The summed E-state index contributed by atoms with van der Waals surface area (Å²) in [7, 11) is -3.03. The summed E-state index contributed by atoms with van der Waals surface area (Å²) >= 11 is 0. The first-order valence-corrected chi connectivity index (χ1v) is 7.16. The van der Waals surface area contributed by atoms with Crippen LogP contribution in [-0.2, 0) is 9.84 Å². The maximum absolute atomic E-state index is 11.4. The molecule has 2 rings (SSSR count). The summed E-state index contributed by atoms with van der Waals surface area (Å²) in [6.45, 7) is 1.77. The molecule has 1 unspecified atom stereocenters. The first kappa shape index (κ1) is 12.7. The molecule has 1 aliphatic heterocycles. The molecule has 2 N–H and O–H groups in total. The van der Waals surface area contributed by atoms with Crippen molar-refractivity contribution in [1.82, 2.24) is 9.97 Å². The molecule has 0 amide bonds. The summed E-state index contributed by atoms with van der Waals surface area (Å²) in [5.41, 5.74) is -0.797. The number of carbonyl (C=O) groups is 1. The van der Waals surface area contributed by atoms with E-state index in [1.54, 1.807) is 6.92 Å².